The van der Waals surface area contributed by atoms with Gasteiger partial charge in [-0.15, -0.1) is 0 Å². The number of pyridine rings is 1. The Kier molecular flexibility index (Phi) is 5.86. The van der Waals surface area contributed by atoms with Gasteiger partial charge >= 0.3 is 5.97 Å². The van der Waals surface area contributed by atoms with Gasteiger partial charge < -0.3 is 14.4 Å². The van der Waals surface area contributed by atoms with Gasteiger partial charge in [0.1, 0.15) is 5.56 Å². The van der Waals surface area contributed by atoms with E-state index in [4.69, 9.17) is 4.74 Å². The molecule has 2 saturated heterocycles. The molecule has 0 aromatic carbocycles. The highest BCUT2D eigenvalue weighted by molar-refractivity contribution is 5.88. The largest absolute Gasteiger partial charge is 0.477 e. The Morgan fingerprint density at radius 3 is 2.67 bits per heavy atom. The Morgan fingerprint density at radius 2 is 2.04 bits per heavy atom. The van der Waals surface area contributed by atoms with Crippen LogP contribution in [0.5, 0.6) is 0 Å². The molecule has 0 aliphatic carbocycles. The first kappa shape index (κ1) is 19.8. The first-order valence-corrected chi connectivity index (χ1v) is 9.76. The number of aryl methyl sites for hydroxylation is 1. The summed E-state index contributed by atoms with van der Waals surface area (Å²) in [5, 5.41) is 9.28. The number of ether oxygens (including phenoxy) is 1. The number of carbonyl (C=O) groups is 1. The Morgan fingerprint density at radius 1 is 1.33 bits per heavy atom. The Hall–Kier alpha value is -1.92. The third kappa shape index (κ3) is 4.50. The molecule has 1 atom stereocenters. The number of aromatic nitrogens is 1. The van der Waals surface area contributed by atoms with Crippen molar-refractivity contribution in [3.63, 3.8) is 0 Å². The van der Waals surface area contributed by atoms with E-state index in [2.05, 4.69) is 24.8 Å². The zero-order chi connectivity index (χ0) is 19.6. The summed E-state index contributed by atoms with van der Waals surface area (Å²) in [6.45, 7) is 9.38. The van der Waals surface area contributed by atoms with E-state index in [-0.39, 0.29) is 17.3 Å². The van der Waals surface area contributed by atoms with E-state index in [1.54, 1.807) is 19.2 Å². The summed E-state index contributed by atoms with van der Waals surface area (Å²) in [5.41, 5.74) is 1.19. The van der Waals surface area contributed by atoms with Gasteiger partial charge in [0.15, 0.2) is 0 Å². The summed E-state index contributed by atoms with van der Waals surface area (Å²) in [4.78, 5) is 26.3. The van der Waals surface area contributed by atoms with Crippen molar-refractivity contribution in [2.24, 2.45) is 0 Å². The fourth-order valence-electron chi connectivity index (χ4n) is 4.14. The molecule has 3 heterocycles. The number of hydrogen-bond donors (Lipinski definition) is 1. The van der Waals surface area contributed by atoms with Crippen LogP contribution in [0, 0.1) is 6.92 Å². The van der Waals surface area contributed by atoms with Gasteiger partial charge in [-0.3, -0.25) is 9.69 Å². The molecule has 0 amide bonds. The number of likely N-dealkylation sites (tertiary alicyclic amines) is 1. The SMILES string of the molecule is CC(C)=CCN1CCC2(CCC(Cn3ccc(C)c(C(=O)O)c3=O)O2)CC1. The molecule has 1 aromatic heterocycles. The van der Waals surface area contributed by atoms with Crippen molar-refractivity contribution in [2.45, 2.75) is 64.7 Å². The molecule has 1 spiro atoms. The standard InChI is InChI=1S/C21H30N2O4/c1-15(2)5-10-22-12-8-21(9-13-22)7-4-17(27-21)14-23-11-6-16(3)18(19(23)24)20(25)26/h5-6,11,17H,4,7-10,12-14H2,1-3H3,(H,25,26). The molecule has 6 nitrogen and oxygen atoms in total. The highest BCUT2D eigenvalue weighted by atomic mass is 16.5. The lowest BCUT2D eigenvalue weighted by Crippen LogP contribution is -2.44. The lowest BCUT2D eigenvalue weighted by Gasteiger charge is -2.39. The number of rotatable bonds is 5. The van der Waals surface area contributed by atoms with Crippen LogP contribution in [-0.2, 0) is 11.3 Å². The second kappa shape index (κ2) is 7.98. The van der Waals surface area contributed by atoms with Crippen LogP contribution < -0.4 is 5.56 Å². The molecule has 0 radical (unpaired) electrons. The van der Waals surface area contributed by atoms with Gasteiger partial charge in [0.25, 0.3) is 5.56 Å². The van der Waals surface area contributed by atoms with Gasteiger partial charge in [-0.05, 0) is 58.1 Å². The summed E-state index contributed by atoms with van der Waals surface area (Å²) < 4.78 is 7.89. The summed E-state index contributed by atoms with van der Waals surface area (Å²) >= 11 is 0. The third-order valence-corrected chi connectivity index (χ3v) is 5.85. The van der Waals surface area contributed by atoms with Crippen LogP contribution in [0.3, 0.4) is 0 Å². The minimum atomic E-state index is -1.17. The third-order valence-electron chi connectivity index (χ3n) is 5.85. The number of carboxylic acid groups (broad SMARTS) is 1. The molecule has 1 N–H and O–H groups in total. The van der Waals surface area contributed by atoms with Crippen LogP contribution in [-0.4, -0.2) is 51.9 Å². The van der Waals surface area contributed by atoms with E-state index in [9.17, 15) is 14.7 Å². The van der Waals surface area contributed by atoms with Crippen LogP contribution in [0.1, 0.15) is 55.5 Å². The molecule has 0 saturated carbocycles. The van der Waals surface area contributed by atoms with Crippen molar-refractivity contribution in [1.82, 2.24) is 9.47 Å². The zero-order valence-electron chi connectivity index (χ0n) is 16.5. The Balaban J connectivity index is 1.61. The summed E-state index contributed by atoms with van der Waals surface area (Å²) in [6, 6.07) is 1.69. The van der Waals surface area contributed by atoms with Crippen LogP contribution in [0.2, 0.25) is 0 Å². The van der Waals surface area contributed by atoms with Gasteiger partial charge in [-0.1, -0.05) is 11.6 Å². The monoisotopic (exact) mass is 374 g/mol. The quantitative estimate of drug-likeness (QED) is 0.803. The molecule has 1 aromatic rings. The van der Waals surface area contributed by atoms with Crippen molar-refractivity contribution in [3.8, 4) is 0 Å². The van der Waals surface area contributed by atoms with Gasteiger partial charge in [-0.2, -0.15) is 0 Å². The maximum absolute atomic E-state index is 12.5. The van der Waals surface area contributed by atoms with Crippen molar-refractivity contribution in [1.29, 1.82) is 0 Å². The van der Waals surface area contributed by atoms with Crippen LogP contribution in [0.4, 0.5) is 0 Å². The first-order chi connectivity index (χ1) is 12.8. The lowest BCUT2D eigenvalue weighted by molar-refractivity contribution is -0.0798. The second-order valence-electron chi connectivity index (χ2n) is 8.18. The lowest BCUT2D eigenvalue weighted by atomic mass is 9.88. The summed E-state index contributed by atoms with van der Waals surface area (Å²) in [6.07, 6.45) is 7.88. The van der Waals surface area contributed by atoms with Crippen LogP contribution in [0.15, 0.2) is 28.7 Å². The summed E-state index contributed by atoms with van der Waals surface area (Å²) in [7, 11) is 0. The van der Waals surface area contributed by atoms with Crippen LogP contribution >= 0.6 is 0 Å². The molecule has 27 heavy (non-hydrogen) atoms. The Labute approximate surface area is 160 Å². The van der Waals surface area contributed by atoms with E-state index in [1.807, 2.05) is 0 Å². The second-order valence-corrected chi connectivity index (χ2v) is 8.18. The minimum absolute atomic E-state index is 0.0311. The normalized spacial score (nSPS) is 22.1. The maximum atomic E-state index is 12.5. The molecule has 3 rings (SSSR count). The number of hydrogen-bond acceptors (Lipinski definition) is 4. The number of nitrogens with zero attached hydrogens (tertiary/aromatic N) is 2. The highest BCUT2D eigenvalue weighted by Gasteiger charge is 2.42. The number of allylic oxidation sites excluding steroid dienone is 1. The molecule has 2 fully saturated rings. The molecule has 148 valence electrons. The van der Waals surface area contributed by atoms with Gasteiger partial charge in [0.2, 0.25) is 0 Å². The highest BCUT2D eigenvalue weighted by Crippen LogP contribution is 2.39. The molecule has 2 aliphatic heterocycles. The van der Waals surface area contributed by atoms with E-state index in [0.29, 0.717) is 12.1 Å². The van der Waals surface area contributed by atoms with E-state index < -0.39 is 11.5 Å². The molecular formula is C21H30N2O4. The maximum Gasteiger partial charge on any atom is 0.341 e. The van der Waals surface area contributed by atoms with Gasteiger partial charge in [-0.25, -0.2) is 4.79 Å². The van der Waals surface area contributed by atoms with E-state index >= 15 is 0 Å². The topological polar surface area (TPSA) is 71.8 Å². The molecular weight excluding hydrogens is 344 g/mol. The molecule has 0 bridgehead atoms. The number of aromatic carboxylic acids is 1. The van der Waals surface area contributed by atoms with Crippen molar-refractivity contribution in [2.75, 3.05) is 19.6 Å². The fraction of sp³-hybridized carbons (Fsp3) is 0.619. The van der Waals surface area contributed by atoms with Crippen molar-refractivity contribution in [3.05, 3.63) is 45.4 Å². The van der Waals surface area contributed by atoms with Crippen LogP contribution in [0.25, 0.3) is 0 Å². The fourth-order valence-corrected chi connectivity index (χ4v) is 4.14. The predicted octanol–water partition coefficient (Wildman–Crippen LogP) is 2.83. The average molecular weight is 374 g/mol. The average Bonchev–Trinajstić information content (AvgIpc) is 2.99. The van der Waals surface area contributed by atoms with Crippen molar-refractivity contribution < 1.29 is 14.6 Å². The molecule has 2 aliphatic rings. The van der Waals surface area contributed by atoms with Crippen molar-refractivity contribution >= 4 is 5.97 Å². The van der Waals surface area contributed by atoms with Gasteiger partial charge in [0.05, 0.1) is 18.2 Å². The van der Waals surface area contributed by atoms with E-state index in [0.717, 1.165) is 45.3 Å². The van der Waals surface area contributed by atoms with Gasteiger partial charge in [0, 0.05) is 25.8 Å². The summed E-state index contributed by atoms with van der Waals surface area (Å²) in [5.74, 6) is -1.17. The number of piperidine rings is 1. The smallest absolute Gasteiger partial charge is 0.341 e. The minimum Gasteiger partial charge on any atom is -0.477 e. The Bertz CT molecular complexity index is 784. The molecule has 6 heteroatoms. The first-order valence-electron chi connectivity index (χ1n) is 9.76. The number of carboxylic acids is 1. The molecule has 1 unspecified atom stereocenters. The predicted molar refractivity (Wildman–Crippen MR) is 104 cm³/mol. The zero-order valence-corrected chi connectivity index (χ0v) is 16.5. The van der Waals surface area contributed by atoms with E-state index in [1.165, 1.54) is 10.1 Å².